The third-order valence-corrected chi connectivity index (χ3v) is 4.46. The highest BCUT2D eigenvalue weighted by molar-refractivity contribution is 4.99. The number of nitrogens with one attached hydrogen (secondary N) is 1. The Kier molecular flexibility index (Phi) is 6.78. The van der Waals surface area contributed by atoms with Gasteiger partial charge in [-0.15, -0.1) is 0 Å². The summed E-state index contributed by atoms with van der Waals surface area (Å²) in [6.45, 7) is 14.3. The van der Waals surface area contributed by atoms with Crippen molar-refractivity contribution in [3.63, 3.8) is 0 Å². The molecule has 0 heterocycles. The summed E-state index contributed by atoms with van der Waals surface area (Å²) in [5, 5.41) is 3.59. The molecule has 0 aliphatic heterocycles. The zero-order chi connectivity index (χ0) is 14.4. The largest absolute Gasteiger partial charge is 0.380 e. The lowest BCUT2D eigenvalue weighted by molar-refractivity contribution is -0.119. The van der Waals surface area contributed by atoms with E-state index >= 15 is 0 Å². The van der Waals surface area contributed by atoms with Crippen LogP contribution in [0.25, 0.3) is 0 Å². The van der Waals surface area contributed by atoms with Gasteiger partial charge in [-0.1, -0.05) is 20.8 Å². The predicted octanol–water partition coefficient (Wildman–Crippen LogP) is 3.38. The first kappa shape index (κ1) is 16.9. The van der Waals surface area contributed by atoms with Gasteiger partial charge in [0.2, 0.25) is 0 Å². The van der Waals surface area contributed by atoms with Crippen LogP contribution < -0.4 is 5.32 Å². The molecule has 0 bridgehead atoms. The number of hydrogen-bond acceptors (Lipinski definition) is 3. The summed E-state index contributed by atoms with van der Waals surface area (Å²) in [5.41, 5.74) is 0.429. The van der Waals surface area contributed by atoms with Crippen LogP contribution in [0.15, 0.2) is 0 Å². The van der Waals surface area contributed by atoms with Crippen LogP contribution in [0, 0.1) is 5.41 Å². The molecule has 1 aliphatic carbocycles. The number of rotatable bonds is 8. The van der Waals surface area contributed by atoms with Crippen LogP contribution in [-0.2, 0) is 9.47 Å². The van der Waals surface area contributed by atoms with Crippen LogP contribution in [0.3, 0.4) is 0 Å². The Morgan fingerprint density at radius 2 is 1.63 bits per heavy atom. The van der Waals surface area contributed by atoms with Crippen molar-refractivity contribution in [2.24, 2.45) is 5.41 Å². The highest BCUT2D eigenvalue weighted by atomic mass is 16.5. The van der Waals surface area contributed by atoms with E-state index in [1.807, 2.05) is 0 Å². The smallest absolute Gasteiger partial charge is 0.0857 e. The molecule has 3 heteroatoms. The summed E-state index contributed by atoms with van der Waals surface area (Å²) in [7, 11) is 0. The van der Waals surface area contributed by atoms with Crippen LogP contribution in [-0.4, -0.2) is 38.0 Å². The minimum atomic E-state index is -0.0323. The second kappa shape index (κ2) is 7.61. The highest BCUT2D eigenvalue weighted by Crippen LogP contribution is 2.43. The van der Waals surface area contributed by atoms with E-state index < -0.39 is 0 Å². The molecule has 1 unspecified atom stereocenters. The van der Waals surface area contributed by atoms with Gasteiger partial charge in [0.05, 0.1) is 18.2 Å². The van der Waals surface area contributed by atoms with Crippen LogP contribution >= 0.6 is 0 Å². The third kappa shape index (κ3) is 4.73. The van der Waals surface area contributed by atoms with Crippen molar-refractivity contribution in [1.82, 2.24) is 5.32 Å². The SMILES string of the molecule is CCNC(COCC)C1(OCC)CCC(C)(C)CC1. The normalized spacial score (nSPS) is 23.2. The van der Waals surface area contributed by atoms with Gasteiger partial charge in [-0.25, -0.2) is 0 Å². The predicted molar refractivity (Wildman–Crippen MR) is 80.6 cm³/mol. The van der Waals surface area contributed by atoms with Crippen molar-refractivity contribution < 1.29 is 9.47 Å². The van der Waals surface area contributed by atoms with Gasteiger partial charge in [-0.3, -0.25) is 0 Å². The van der Waals surface area contributed by atoms with Crippen molar-refractivity contribution in [2.45, 2.75) is 71.9 Å². The van der Waals surface area contributed by atoms with Crippen LogP contribution in [0.5, 0.6) is 0 Å². The van der Waals surface area contributed by atoms with E-state index in [1.54, 1.807) is 0 Å². The molecule has 0 spiro atoms. The maximum absolute atomic E-state index is 6.23. The molecule has 1 saturated carbocycles. The average molecular weight is 271 g/mol. The molecule has 0 radical (unpaired) electrons. The van der Waals surface area contributed by atoms with Gasteiger partial charge < -0.3 is 14.8 Å². The standard InChI is InChI=1S/C16H33NO2/c1-6-17-14(13-18-7-2)16(19-8-3)11-9-15(4,5)10-12-16/h14,17H,6-13H2,1-5H3. The van der Waals surface area contributed by atoms with Gasteiger partial charge in [0.25, 0.3) is 0 Å². The molecule has 0 aromatic heterocycles. The summed E-state index contributed by atoms with van der Waals surface area (Å²) >= 11 is 0. The minimum absolute atomic E-state index is 0.0323. The van der Waals surface area contributed by atoms with E-state index in [-0.39, 0.29) is 5.60 Å². The molecule has 0 aromatic carbocycles. The molecule has 1 fully saturated rings. The molecule has 1 atom stereocenters. The maximum atomic E-state index is 6.23. The van der Waals surface area contributed by atoms with E-state index in [0.29, 0.717) is 11.5 Å². The molecule has 1 N–H and O–H groups in total. The number of likely N-dealkylation sites (N-methyl/N-ethyl adjacent to an activating group) is 1. The summed E-state index contributed by atoms with van der Waals surface area (Å²) in [5.74, 6) is 0. The Balaban J connectivity index is 2.77. The second-order valence-electron chi connectivity index (χ2n) is 6.43. The average Bonchev–Trinajstić information content (AvgIpc) is 2.38. The van der Waals surface area contributed by atoms with E-state index in [2.05, 4.69) is 39.9 Å². The van der Waals surface area contributed by atoms with Crippen LogP contribution in [0.1, 0.15) is 60.3 Å². The van der Waals surface area contributed by atoms with Crippen LogP contribution in [0.4, 0.5) is 0 Å². The van der Waals surface area contributed by atoms with Crippen molar-refractivity contribution in [1.29, 1.82) is 0 Å². The zero-order valence-electron chi connectivity index (χ0n) is 13.6. The molecule has 0 amide bonds. The van der Waals surface area contributed by atoms with Gasteiger partial charge >= 0.3 is 0 Å². The molecule has 114 valence electrons. The number of ether oxygens (including phenoxy) is 2. The van der Waals surface area contributed by atoms with Crippen molar-refractivity contribution in [3.05, 3.63) is 0 Å². The van der Waals surface area contributed by atoms with Gasteiger partial charge in [-0.2, -0.15) is 0 Å². The molecular weight excluding hydrogens is 238 g/mol. The Morgan fingerprint density at radius 1 is 1.00 bits per heavy atom. The van der Waals surface area contributed by atoms with Crippen LogP contribution in [0.2, 0.25) is 0 Å². The maximum Gasteiger partial charge on any atom is 0.0857 e. The Morgan fingerprint density at radius 3 is 2.11 bits per heavy atom. The minimum Gasteiger partial charge on any atom is -0.380 e. The monoisotopic (exact) mass is 271 g/mol. The van der Waals surface area contributed by atoms with Gasteiger partial charge in [-0.05, 0) is 51.5 Å². The van der Waals surface area contributed by atoms with E-state index in [9.17, 15) is 0 Å². The lowest BCUT2D eigenvalue weighted by atomic mass is 9.68. The molecule has 0 aromatic rings. The van der Waals surface area contributed by atoms with E-state index in [1.165, 1.54) is 12.8 Å². The Labute approximate surface area is 119 Å². The third-order valence-electron chi connectivity index (χ3n) is 4.46. The highest BCUT2D eigenvalue weighted by Gasteiger charge is 2.44. The van der Waals surface area contributed by atoms with Crippen molar-refractivity contribution in [2.75, 3.05) is 26.4 Å². The second-order valence-corrected chi connectivity index (χ2v) is 6.43. The molecule has 19 heavy (non-hydrogen) atoms. The fourth-order valence-corrected chi connectivity index (χ4v) is 3.11. The summed E-state index contributed by atoms with van der Waals surface area (Å²) in [4.78, 5) is 0. The van der Waals surface area contributed by atoms with E-state index in [0.717, 1.165) is 39.2 Å². The lowest BCUT2D eigenvalue weighted by Gasteiger charge is -2.47. The molecule has 0 saturated heterocycles. The lowest BCUT2D eigenvalue weighted by Crippen LogP contribution is -2.57. The first-order chi connectivity index (χ1) is 8.99. The topological polar surface area (TPSA) is 30.5 Å². The fourth-order valence-electron chi connectivity index (χ4n) is 3.11. The summed E-state index contributed by atoms with van der Waals surface area (Å²) in [6, 6.07) is 0.313. The Bertz CT molecular complexity index is 243. The van der Waals surface area contributed by atoms with Crippen molar-refractivity contribution >= 4 is 0 Å². The van der Waals surface area contributed by atoms with Gasteiger partial charge in [0.1, 0.15) is 0 Å². The summed E-state index contributed by atoms with van der Waals surface area (Å²) in [6.07, 6.45) is 4.75. The first-order valence-electron chi connectivity index (χ1n) is 7.94. The molecular formula is C16H33NO2. The Hall–Kier alpha value is -0.120. The molecule has 1 rings (SSSR count). The van der Waals surface area contributed by atoms with E-state index in [4.69, 9.17) is 9.47 Å². The summed E-state index contributed by atoms with van der Waals surface area (Å²) < 4.78 is 11.9. The van der Waals surface area contributed by atoms with Crippen molar-refractivity contribution in [3.8, 4) is 0 Å². The van der Waals surface area contributed by atoms with Gasteiger partial charge in [0.15, 0.2) is 0 Å². The van der Waals surface area contributed by atoms with Gasteiger partial charge in [0, 0.05) is 13.2 Å². The molecule has 1 aliphatic rings. The zero-order valence-corrected chi connectivity index (χ0v) is 13.6. The fraction of sp³-hybridized carbons (Fsp3) is 1.00. The number of hydrogen-bond donors (Lipinski definition) is 1. The first-order valence-corrected chi connectivity index (χ1v) is 7.94. The molecule has 3 nitrogen and oxygen atoms in total. The quantitative estimate of drug-likeness (QED) is 0.734.